The standard InChI is InChI=1S/C16H20N2O3S2/c19-15(11-5-8-22-10-11)14-2-1-13(23-14)9-17-16(20)18-12-3-6-21-7-4-12/h1-2,5,8,10,12,15,19H,3-4,6-7,9H2,(H2,17,18,20)/t15-/m0/s1. The third kappa shape index (κ3) is 4.54. The minimum absolute atomic E-state index is 0.148. The molecule has 1 aliphatic heterocycles. The SMILES string of the molecule is O=C(NCc1ccc([C@@H](O)c2ccsc2)s1)NC1CCOCC1. The molecule has 2 aromatic rings. The second kappa shape index (κ2) is 7.92. The van der Waals surface area contributed by atoms with Crippen LogP contribution in [0.4, 0.5) is 4.79 Å². The number of amides is 2. The minimum atomic E-state index is -0.587. The molecule has 7 heteroatoms. The first-order chi connectivity index (χ1) is 11.2. The average molecular weight is 352 g/mol. The molecule has 1 atom stereocenters. The molecule has 0 saturated carbocycles. The molecule has 2 aromatic heterocycles. The highest BCUT2D eigenvalue weighted by Gasteiger charge is 2.16. The Balaban J connectivity index is 1.48. The van der Waals surface area contributed by atoms with Crippen molar-refractivity contribution in [3.8, 4) is 0 Å². The number of aliphatic hydroxyl groups excluding tert-OH is 1. The van der Waals surface area contributed by atoms with Crippen LogP contribution in [0.25, 0.3) is 0 Å². The van der Waals surface area contributed by atoms with Crippen LogP contribution < -0.4 is 10.6 Å². The first kappa shape index (κ1) is 16.4. The quantitative estimate of drug-likeness (QED) is 0.775. The fraction of sp³-hybridized carbons (Fsp3) is 0.438. The number of hydrogen-bond donors (Lipinski definition) is 3. The molecule has 1 saturated heterocycles. The lowest BCUT2D eigenvalue weighted by molar-refractivity contribution is 0.0801. The van der Waals surface area contributed by atoms with Crippen molar-refractivity contribution in [2.75, 3.05) is 13.2 Å². The molecule has 0 spiro atoms. The van der Waals surface area contributed by atoms with Gasteiger partial charge in [-0.25, -0.2) is 4.79 Å². The maximum absolute atomic E-state index is 11.9. The molecule has 23 heavy (non-hydrogen) atoms. The summed E-state index contributed by atoms with van der Waals surface area (Å²) < 4.78 is 5.27. The number of nitrogens with one attached hydrogen (secondary N) is 2. The summed E-state index contributed by atoms with van der Waals surface area (Å²) in [5, 5.41) is 20.0. The average Bonchev–Trinajstić information content (AvgIpc) is 3.25. The first-order valence-corrected chi connectivity index (χ1v) is 9.39. The number of carbonyl (C=O) groups is 1. The second-order valence-electron chi connectivity index (χ2n) is 5.48. The van der Waals surface area contributed by atoms with E-state index in [1.165, 1.54) is 11.3 Å². The van der Waals surface area contributed by atoms with E-state index in [9.17, 15) is 9.90 Å². The summed E-state index contributed by atoms with van der Waals surface area (Å²) >= 11 is 3.09. The van der Waals surface area contributed by atoms with E-state index < -0.39 is 6.10 Å². The van der Waals surface area contributed by atoms with Gasteiger partial charge in [0.1, 0.15) is 6.10 Å². The molecule has 0 bridgehead atoms. The van der Waals surface area contributed by atoms with Crippen LogP contribution in [0.1, 0.15) is 34.3 Å². The molecule has 124 valence electrons. The van der Waals surface area contributed by atoms with Crippen molar-refractivity contribution in [3.05, 3.63) is 44.3 Å². The summed E-state index contributed by atoms with van der Waals surface area (Å²) in [6.45, 7) is 1.88. The van der Waals surface area contributed by atoms with Crippen LogP contribution in [0.2, 0.25) is 0 Å². The van der Waals surface area contributed by atoms with Gasteiger partial charge in [-0.1, -0.05) is 0 Å². The number of hydrogen-bond acceptors (Lipinski definition) is 5. The summed E-state index contributed by atoms with van der Waals surface area (Å²) in [6, 6.07) is 5.84. The summed E-state index contributed by atoms with van der Waals surface area (Å²) in [4.78, 5) is 13.8. The van der Waals surface area contributed by atoms with Crippen LogP contribution >= 0.6 is 22.7 Å². The fourth-order valence-electron chi connectivity index (χ4n) is 2.48. The summed E-state index contributed by atoms with van der Waals surface area (Å²) in [7, 11) is 0. The maximum Gasteiger partial charge on any atom is 0.315 e. The lowest BCUT2D eigenvalue weighted by Crippen LogP contribution is -2.44. The fourth-order valence-corrected chi connectivity index (χ4v) is 4.12. The molecule has 1 fully saturated rings. The normalized spacial score (nSPS) is 16.9. The molecular formula is C16H20N2O3S2. The zero-order valence-corrected chi connectivity index (χ0v) is 14.3. The highest BCUT2D eigenvalue weighted by Crippen LogP contribution is 2.29. The van der Waals surface area contributed by atoms with Gasteiger partial charge in [0.2, 0.25) is 0 Å². The number of ether oxygens (including phenoxy) is 1. The smallest absolute Gasteiger partial charge is 0.315 e. The zero-order valence-electron chi connectivity index (χ0n) is 12.7. The Labute approximate surface area is 143 Å². The first-order valence-electron chi connectivity index (χ1n) is 7.63. The van der Waals surface area contributed by atoms with Gasteiger partial charge in [0, 0.05) is 29.0 Å². The molecule has 0 aromatic carbocycles. The number of aliphatic hydroxyl groups is 1. The van der Waals surface area contributed by atoms with E-state index in [1.54, 1.807) is 11.3 Å². The van der Waals surface area contributed by atoms with Crippen molar-refractivity contribution >= 4 is 28.7 Å². The van der Waals surface area contributed by atoms with Crippen LogP contribution in [-0.4, -0.2) is 30.4 Å². The van der Waals surface area contributed by atoms with Crippen molar-refractivity contribution in [1.29, 1.82) is 0 Å². The van der Waals surface area contributed by atoms with E-state index >= 15 is 0 Å². The Hall–Kier alpha value is -1.41. The monoisotopic (exact) mass is 352 g/mol. The molecule has 3 heterocycles. The largest absolute Gasteiger partial charge is 0.383 e. The summed E-state index contributed by atoms with van der Waals surface area (Å²) in [5.41, 5.74) is 0.911. The predicted octanol–water partition coefficient (Wildman–Crippen LogP) is 2.87. The van der Waals surface area contributed by atoms with Gasteiger partial charge in [-0.3, -0.25) is 0 Å². The Kier molecular flexibility index (Phi) is 5.66. The Morgan fingerprint density at radius 3 is 2.91 bits per heavy atom. The molecular weight excluding hydrogens is 332 g/mol. The molecule has 1 aliphatic rings. The third-order valence-corrected chi connectivity index (χ3v) is 5.63. The Morgan fingerprint density at radius 1 is 1.35 bits per heavy atom. The van der Waals surface area contributed by atoms with E-state index in [0.717, 1.165) is 28.2 Å². The van der Waals surface area contributed by atoms with Crippen molar-refractivity contribution in [2.45, 2.75) is 31.5 Å². The molecule has 5 nitrogen and oxygen atoms in total. The summed E-state index contributed by atoms with van der Waals surface area (Å²) in [5.74, 6) is 0. The number of urea groups is 1. The Morgan fingerprint density at radius 2 is 2.17 bits per heavy atom. The number of carbonyl (C=O) groups excluding carboxylic acids is 1. The van der Waals surface area contributed by atoms with Crippen LogP contribution in [0, 0.1) is 0 Å². The number of rotatable bonds is 5. The van der Waals surface area contributed by atoms with Crippen LogP contribution in [-0.2, 0) is 11.3 Å². The summed E-state index contributed by atoms with van der Waals surface area (Å²) in [6.07, 6.45) is 1.14. The van der Waals surface area contributed by atoms with Gasteiger partial charge in [0.05, 0.1) is 6.54 Å². The van der Waals surface area contributed by atoms with Crippen LogP contribution in [0.3, 0.4) is 0 Å². The van der Waals surface area contributed by atoms with Gasteiger partial charge < -0.3 is 20.5 Å². The van der Waals surface area contributed by atoms with E-state index in [0.29, 0.717) is 19.8 Å². The van der Waals surface area contributed by atoms with E-state index in [2.05, 4.69) is 10.6 Å². The van der Waals surface area contributed by atoms with Crippen LogP contribution in [0.5, 0.6) is 0 Å². The maximum atomic E-state index is 11.9. The van der Waals surface area contributed by atoms with E-state index in [-0.39, 0.29) is 12.1 Å². The van der Waals surface area contributed by atoms with Crippen LogP contribution in [0.15, 0.2) is 29.0 Å². The topological polar surface area (TPSA) is 70.6 Å². The van der Waals surface area contributed by atoms with Crippen molar-refractivity contribution in [1.82, 2.24) is 10.6 Å². The van der Waals surface area contributed by atoms with Gasteiger partial charge >= 0.3 is 6.03 Å². The molecule has 2 amide bonds. The van der Waals surface area contributed by atoms with Gasteiger partial charge in [-0.15, -0.1) is 11.3 Å². The van der Waals surface area contributed by atoms with Gasteiger partial charge in [0.15, 0.2) is 0 Å². The molecule has 0 radical (unpaired) electrons. The van der Waals surface area contributed by atoms with Gasteiger partial charge in [0.25, 0.3) is 0 Å². The number of thiophene rings is 2. The minimum Gasteiger partial charge on any atom is -0.383 e. The van der Waals surface area contributed by atoms with Crippen molar-refractivity contribution in [2.24, 2.45) is 0 Å². The molecule has 0 unspecified atom stereocenters. The Bertz CT molecular complexity index is 621. The van der Waals surface area contributed by atoms with E-state index in [1.807, 2.05) is 29.0 Å². The zero-order chi connectivity index (χ0) is 16.1. The van der Waals surface area contributed by atoms with Gasteiger partial charge in [-0.05, 0) is 47.4 Å². The lowest BCUT2D eigenvalue weighted by atomic mass is 10.1. The second-order valence-corrected chi connectivity index (χ2v) is 7.46. The van der Waals surface area contributed by atoms with E-state index in [4.69, 9.17) is 4.74 Å². The van der Waals surface area contributed by atoms with Crippen molar-refractivity contribution in [3.63, 3.8) is 0 Å². The third-order valence-electron chi connectivity index (χ3n) is 3.79. The predicted molar refractivity (Wildman–Crippen MR) is 91.9 cm³/mol. The highest BCUT2D eigenvalue weighted by atomic mass is 32.1. The lowest BCUT2D eigenvalue weighted by Gasteiger charge is -2.23. The molecule has 3 N–H and O–H groups in total. The van der Waals surface area contributed by atoms with Crippen molar-refractivity contribution < 1.29 is 14.6 Å². The van der Waals surface area contributed by atoms with Gasteiger partial charge in [-0.2, -0.15) is 11.3 Å². The molecule has 0 aliphatic carbocycles. The molecule has 3 rings (SSSR count). The highest BCUT2D eigenvalue weighted by molar-refractivity contribution is 7.12.